The van der Waals surface area contributed by atoms with Crippen molar-refractivity contribution in [1.82, 2.24) is 4.31 Å². The number of sulfonamides is 1. The monoisotopic (exact) mass is 355 g/mol. The molecule has 0 amide bonds. The van der Waals surface area contributed by atoms with Gasteiger partial charge in [-0.25, -0.2) is 12.8 Å². The van der Waals surface area contributed by atoms with Gasteiger partial charge in [-0.3, -0.25) is 0 Å². The minimum absolute atomic E-state index is 0.171. The van der Waals surface area contributed by atoms with Crippen LogP contribution in [-0.2, 0) is 15.6 Å². The second kappa shape index (κ2) is 6.03. The van der Waals surface area contributed by atoms with Crippen molar-refractivity contribution >= 4 is 10.0 Å². The van der Waals surface area contributed by atoms with Gasteiger partial charge in [0.15, 0.2) is 5.60 Å². The van der Waals surface area contributed by atoms with Crippen LogP contribution in [0.1, 0.15) is 25.3 Å². The summed E-state index contributed by atoms with van der Waals surface area (Å²) in [6.45, 7) is 0.504. The Morgan fingerprint density at radius 2 is 1.78 bits per heavy atom. The van der Waals surface area contributed by atoms with Gasteiger partial charge in [-0.05, 0) is 37.5 Å². The van der Waals surface area contributed by atoms with E-state index in [1.165, 1.54) is 0 Å². The minimum atomic E-state index is -4.89. The Bertz CT molecular complexity index is 656. The van der Waals surface area contributed by atoms with E-state index in [0.717, 1.165) is 28.6 Å². The molecule has 2 rings (SSSR count). The van der Waals surface area contributed by atoms with Gasteiger partial charge in [-0.15, -0.1) is 0 Å². The molecular weight excluding hydrogens is 338 g/mol. The summed E-state index contributed by atoms with van der Waals surface area (Å²) in [7, 11) is -3.96. The average molecular weight is 355 g/mol. The van der Waals surface area contributed by atoms with Crippen LogP contribution in [0.15, 0.2) is 29.2 Å². The van der Waals surface area contributed by atoms with Crippen molar-refractivity contribution in [3.05, 3.63) is 29.8 Å². The summed E-state index contributed by atoms with van der Waals surface area (Å²) in [5, 5.41) is 9.57. The molecule has 2 atom stereocenters. The molecule has 1 saturated heterocycles. The molecule has 0 saturated carbocycles. The summed E-state index contributed by atoms with van der Waals surface area (Å²) >= 11 is 0. The van der Waals surface area contributed by atoms with Gasteiger partial charge in [-0.2, -0.15) is 17.5 Å². The SMILES string of the molecule is CC(O)(c1ccc(S(=O)(=O)N2CCCC(F)C2)cc1)C(F)(F)F. The molecule has 130 valence electrons. The first-order valence-corrected chi connectivity index (χ1v) is 8.44. The molecule has 1 N–H and O–H groups in total. The van der Waals surface area contributed by atoms with Crippen molar-refractivity contribution < 1.29 is 31.1 Å². The van der Waals surface area contributed by atoms with Crippen LogP contribution < -0.4 is 0 Å². The van der Waals surface area contributed by atoms with E-state index in [0.29, 0.717) is 19.8 Å². The Kier molecular flexibility index (Phi) is 4.76. The summed E-state index contributed by atoms with van der Waals surface area (Å²) in [6, 6.07) is 3.81. The highest BCUT2D eigenvalue weighted by Crippen LogP contribution is 2.38. The lowest BCUT2D eigenvalue weighted by Crippen LogP contribution is -2.41. The van der Waals surface area contributed by atoms with E-state index in [4.69, 9.17) is 0 Å². The van der Waals surface area contributed by atoms with Gasteiger partial charge in [0.1, 0.15) is 6.17 Å². The van der Waals surface area contributed by atoms with Crippen LogP contribution in [0.25, 0.3) is 0 Å². The first-order chi connectivity index (χ1) is 10.5. The number of alkyl halides is 4. The number of benzene rings is 1. The molecule has 0 bridgehead atoms. The van der Waals surface area contributed by atoms with E-state index in [1.807, 2.05) is 0 Å². The molecule has 0 aromatic heterocycles. The van der Waals surface area contributed by atoms with Crippen LogP contribution in [-0.4, -0.2) is 43.3 Å². The lowest BCUT2D eigenvalue weighted by Gasteiger charge is -2.29. The van der Waals surface area contributed by atoms with Crippen molar-refractivity contribution in [2.24, 2.45) is 0 Å². The zero-order valence-corrected chi connectivity index (χ0v) is 13.2. The summed E-state index contributed by atoms with van der Waals surface area (Å²) in [5.74, 6) is 0. The fourth-order valence-electron chi connectivity index (χ4n) is 2.38. The van der Waals surface area contributed by atoms with Crippen LogP contribution in [0.5, 0.6) is 0 Å². The number of hydrogen-bond acceptors (Lipinski definition) is 3. The third-order valence-electron chi connectivity index (χ3n) is 3.93. The van der Waals surface area contributed by atoms with Crippen LogP contribution in [0, 0.1) is 0 Å². The number of piperidine rings is 1. The molecule has 23 heavy (non-hydrogen) atoms. The molecule has 4 nitrogen and oxygen atoms in total. The number of hydrogen-bond donors (Lipinski definition) is 1. The molecule has 2 unspecified atom stereocenters. The van der Waals surface area contributed by atoms with E-state index < -0.39 is 33.5 Å². The van der Waals surface area contributed by atoms with Crippen molar-refractivity contribution in [3.8, 4) is 0 Å². The van der Waals surface area contributed by atoms with E-state index >= 15 is 0 Å². The fraction of sp³-hybridized carbons (Fsp3) is 0.571. The molecule has 1 aromatic carbocycles. The van der Waals surface area contributed by atoms with Gasteiger partial charge in [0.25, 0.3) is 0 Å². The summed E-state index contributed by atoms with van der Waals surface area (Å²) in [5.41, 5.74) is -3.55. The Balaban J connectivity index is 2.29. The van der Waals surface area contributed by atoms with Crippen LogP contribution >= 0.6 is 0 Å². The maximum absolute atomic E-state index is 13.4. The Morgan fingerprint density at radius 3 is 2.26 bits per heavy atom. The van der Waals surface area contributed by atoms with E-state index in [1.54, 1.807) is 0 Å². The molecule has 1 aliphatic rings. The quantitative estimate of drug-likeness (QED) is 0.848. The maximum atomic E-state index is 13.4. The van der Waals surface area contributed by atoms with E-state index in [-0.39, 0.29) is 18.0 Å². The molecule has 0 radical (unpaired) electrons. The molecule has 1 aromatic rings. The Hall–Kier alpha value is -1.19. The van der Waals surface area contributed by atoms with Crippen molar-refractivity contribution in [1.29, 1.82) is 0 Å². The normalized spacial score (nSPS) is 23.5. The second-order valence-corrected chi connectivity index (χ2v) is 7.63. The third-order valence-corrected chi connectivity index (χ3v) is 5.81. The summed E-state index contributed by atoms with van der Waals surface area (Å²) < 4.78 is 77.4. The van der Waals surface area contributed by atoms with Crippen LogP contribution in [0.4, 0.5) is 17.6 Å². The van der Waals surface area contributed by atoms with Crippen molar-refractivity contribution in [2.75, 3.05) is 13.1 Å². The van der Waals surface area contributed by atoms with Crippen molar-refractivity contribution in [2.45, 2.75) is 42.6 Å². The van der Waals surface area contributed by atoms with Gasteiger partial charge in [0, 0.05) is 13.1 Å². The lowest BCUT2D eigenvalue weighted by molar-refractivity contribution is -0.258. The number of aliphatic hydroxyl groups is 1. The number of nitrogens with zero attached hydrogens (tertiary/aromatic N) is 1. The fourth-order valence-corrected chi connectivity index (χ4v) is 3.88. The van der Waals surface area contributed by atoms with Gasteiger partial charge in [0.2, 0.25) is 10.0 Å². The van der Waals surface area contributed by atoms with Crippen LogP contribution in [0.2, 0.25) is 0 Å². The van der Waals surface area contributed by atoms with Gasteiger partial charge < -0.3 is 5.11 Å². The molecule has 1 heterocycles. The minimum Gasteiger partial charge on any atom is -0.376 e. The van der Waals surface area contributed by atoms with Crippen LogP contribution in [0.3, 0.4) is 0 Å². The highest BCUT2D eigenvalue weighted by atomic mass is 32.2. The number of halogens is 4. The first kappa shape index (κ1) is 18.2. The predicted octanol–water partition coefficient (Wildman–Crippen LogP) is 2.58. The second-order valence-electron chi connectivity index (χ2n) is 5.70. The van der Waals surface area contributed by atoms with E-state index in [2.05, 4.69) is 0 Å². The topological polar surface area (TPSA) is 57.6 Å². The molecule has 1 fully saturated rings. The van der Waals surface area contributed by atoms with Crippen molar-refractivity contribution in [3.63, 3.8) is 0 Å². The number of rotatable bonds is 3. The van der Waals surface area contributed by atoms with Gasteiger partial charge in [0.05, 0.1) is 4.90 Å². The molecular formula is C14H17F4NO3S. The Morgan fingerprint density at radius 1 is 1.22 bits per heavy atom. The molecule has 0 spiro atoms. The highest BCUT2D eigenvalue weighted by Gasteiger charge is 2.51. The molecule has 0 aliphatic carbocycles. The van der Waals surface area contributed by atoms with Gasteiger partial charge >= 0.3 is 6.18 Å². The highest BCUT2D eigenvalue weighted by molar-refractivity contribution is 7.89. The molecule has 9 heteroatoms. The average Bonchev–Trinajstić information content (AvgIpc) is 2.46. The molecule has 1 aliphatic heterocycles. The van der Waals surface area contributed by atoms with Gasteiger partial charge in [-0.1, -0.05) is 12.1 Å². The van der Waals surface area contributed by atoms with E-state index in [9.17, 15) is 31.1 Å². The maximum Gasteiger partial charge on any atom is 0.421 e. The summed E-state index contributed by atoms with van der Waals surface area (Å²) in [4.78, 5) is -0.228. The standard InChI is InChI=1S/C14H17F4NO3S/c1-13(20,14(16,17)18)10-4-6-12(7-5-10)23(21,22)19-8-2-3-11(15)9-19/h4-7,11,20H,2-3,8-9H2,1H3. The predicted molar refractivity (Wildman–Crippen MR) is 75.0 cm³/mol. The first-order valence-electron chi connectivity index (χ1n) is 7.00. The third kappa shape index (κ3) is 3.51. The summed E-state index contributed by atoms with van der Waals surface area (Å²) in [6.07, 6.45) is -5.45. The Labute approximate surface area is 131 Å². The zero-order valence-electron chi connectivity index (χ0n) is 12.3. The largest absolute Gasteiger partial charge is 0.421 e. The smallest absolute Gasteiger partial charge is 0.376 e. The zero-order chi connectivity index (χ0) is 17.5. The lowest BCUT2D eigenvalue weighted by atomic mass is 9.96.